The molecule has 22 heavy (non-hydrogen) atoms. The molecule has 1 aliphatic rings. The van der Waals surface area contributed by atoms with Gasteiger partial charge in [0.1, 0.15) is 11.2 Å². The number of carbonyl (C=O) groups excluding carboxylic acids is 1. The highest BCUT2D eigenvalue weighted by Gasteiger charge is 2.23. The van der Waals surface area contributed by atoms with Gasteiger partial charge in [0.2, 0.25) is 0 Å². The molecule has 1 fully saturated rings. The van der Waals surface area contributed by atoms with Crippen molar-refractivity contribution in [1.29, 1.82) is 0 Å². The topological polar surface area (TPSA) is 45.7 Å². The van der Waals surface area contributed by atoms with Crippen molar-refractivity contribution in [2.24, 2.45) is 0 Å². The van der Waals surface area contributed by atoms with Crippen LogP contribution in [0.15, 0.2) is 40.3 Å². The molecule has 0 spiro atoms. The Hall–Kier alpha value is -1.60. The van der Waals surface area contributed by atoms with Crippen molar-refractivity contribution in [3.05, 3.63) is 45.9 Å². The Bertz CT molecular complexity index is 627. The minimum atomic E-state index is -0.246. The summed E-state index contributed by atoms with van der Waals surface area (Å²) >= 11 is 4.97. The minimum Gasteiger partial charge on any atom is -0.445 e. The Morgan fingerprint density at radius 3 is 2.59 bits per heavy atom. The maximum Gasteiger partial charge on any atom is 0.410 e. The van der Waals surface area contributed by atoms with Gasteiger partial charge in [-0.25, -0.2) is 9.78 Å². The number of rotatable bonds is 3. The third-order valence-electron chi connectivity index (χ3n) is 3.48. The van der Waals surface area contributed by atoms with E-state index in [9.17, 15) is 4.79 Å². The zero-order valence-corrected chi connectivity index (χ0v) is 14.3. The fourth-order valence-corrected chi connectivity index (χ4v) is 3.59. The molecule has 1 saturated heterocycles. The highest BCUT2D eigenvalue weighted by molar-refractivity contribution is 9.10. The number of anilines is 1. The maximum atomic E-state index is 12.1. The van der Waals surface area contributed by atoms with Crippen LogP contribution in [0.1, 0.15) is 5.56 Å². The lowest BCUT2D eigenvalue weighted by Gasteiger charge is -2.33. The van der Waals surface area contributed by atoms with Crippen LogP contribution in [0.4, 0.5) is 9.93 Å². The predicted molar refractivity (Wildman–Crippen MR) is 90.2 cm³/mol. The van der Waals surface area contributed by atoms with Gasteiger partial charge in [-0.3, -0.25) is 0 Å². The van der Waals surface area contributed by atoms with E-state index in [1.165, 1.54) is 0 Å². The van der Waals surface area contributed by atoms with E-state index < -0.39 is 0 Å². The number of amides is 1. The number of ether oxygens (including phenoxy) is 1. The molecule has 5 nitrogen and oxygen atoms in total. The summed E-state index contributed by atoms with van der Waals surface area (Å²) < 4.78 is 6.22. The molecule has 0 unspecified atom stereocenters. The van der Waals surface area contributed by atoms with E-state index in [2.05, 4.69) is 25.8 Å². The zero-order chi connectivity index (χ0) is 15.4. The second-order valence-corrected chi connectivity index (χ2v) is 6.62. The first-order chi connectivity index (χ1) is 10.7. The number of aromatic nitrogens is 1. The third-order valence-corrected chi connectivity index (χ3v) is 5.09. The number of carbonyl (C=O) groups is 1. The summed E-state index contributed by atoms with van der Waals surface area (Å²) in [7, 11) is 0. The fourth-order valence-electron chi connectivity index (χ4n) is 2.28. The van der Waals surface area contributed by atoms with Crippen molar-refractivity contribution in [2.75, 3.05) is 31.1 Å². The quantitative estimate of drug-likeness (QED) is 0.817. The second-order valence-electron chi connectivity index (χ2n) is 4.97. The summed E-state index contributed by atoms with van der Waals surface area (Å²) in [6.07, 6.45) is -0.246. The molecule has 3 rings (SSSR count). The highest BCUT2D eigenvalue weighted by atomic mass is 79.9. The van der Waals surface area contributed by atoms with Gasteiger partial charge in [0.15, 0.2) is 5.13 Å². The van der Waals surface area contributed by atoms with Crippen molar-refractivity contribution >= 4 is 38.5 Å². The molecule has 1 amide bonds. The fraction of sp³-hybridized carbons (Fsp3) is 0.333. The van der Waals surface area contributed by atoms with Gasteiger partial charge < -0.3 is 14.5 Å². The van der Waals surface area contributed by atoms with Crippen LogP contribution < -0.4 is 4.90 Å². The van der Waals surface area contributed by atoms with Gasteiger partial charge >= 0.3 is 6.09 Å². The molecule has 0 radical (unpaired) electrons. The van der Waals surface area contributed by atoms with Crippen LogP contribution in [0.25, 0.3) is 0 Å². The summed E-state index contributed by atoms with van der Waals surface area (Å²) in [5.41, 5.74) is 1.00. The largest absolute Gasteiger partial charge is 0.445 e. The van der Waals surface area contributed by atoms with Crippen molar-refractivity contribution in [2.45, 2.75) is 6.61 Å². The average molecular weight is 382 g/mol. The molecule has 7 heteroatoms. The van der Waals surface area contributed by atoms with Crippen LogP contribution in [0.3, 0.4) is 0 Å². The Morgan fingerprint density at radius 2 is 1.95 bits per heavy atom. The number of benzene rings is 1. The number of thiazole rings is 1. The first kappa shape index (κ1) is 15.3. The van der Waals surface area contributed by atoms with Gasteiger partial charge in [0.25, 0.3) is 0 Å². The Balaban J connectivity index is 1.47. The van der Waals surface area contributed by atoms with Gasteiger partial charge in [-0.05, 0) is 21.5 Å². The van der Waals surface area contributed by atoms with E-state index in [4.69, 9.17) is 4.74 Å². The number of hydrogen-bond acceptors (Lipinski definition) is 5. The standard InChI is InChI=1S/C15H16BrN3O2S/c16-13-11-22-14(17-13)18-6-8-19(9-7-18)15(20)21-10-12-4-2-1-3-5-12/h1-5,11H,6-10H2. The number of hydrogen-bond donors (Lipinski definition) is 0. The molecule has 1 aromatic heterocycles. The lowest BCUT2D eigenvalue weighted by Crippen LogP contribution is -2.48. The summed E-state index contributed by atoms with van der Waals surface area (Å²) in [4.78, 5) is 20.4. The number of halogens is 1. The Morgan fingerprint density at radius 1 is 1.23 bits per heavy atom. The Labute approximate surface area is 141 Å². The van der Waals surface area contributed by atoms with Gasteiger partial charge in [-0.2, -0.15) is 0 Å². The van der Waals surface area contributed by atoms with Crippen LogP contribution in [0, 0.1) is 0 Å². The minimum absolute atomic E-state index is 0.246. The Kier molecular flexibility index (Phi) is 4.94. The van der Waals surface area contributed by atoms with Gasteiger partial charge in [-0.15, -0.1) is 11.3 Å². The van der Waals surface area contributed by atoms with Gasteiger partial charge in [0, 0.05) is 31.6 Å². The van der Waals surface area contributed by atoms with Crippen LogP contribution in [0.2, 0.25) is 0 Å². The van der Waals surface area contributed by atoms with Crippen molar-refractivity contribution in [3.63, 3.8) is 0 Å². The molecule has 0 saturated carbocycles. The molecular formula is C15H16BrN3O2S. The van der Waals surface area contributed by atoms with Crippen LogP contribution in [-0.4, -0.2) is 42.2 Å². The van der Waals surface area contributed by atoms with Crippen molar-refractivity contribution in [1.82, 2.24) is 9.88 Å². The van der Waals surface area contributed by atoms with E-state index in [1.54, 1.807) is 16.2 Å². The third kappa shape index (κ3) is 3.78. The monoisotopic (exact) mass is 381 g/mol. The molecule has 2 heterocycles. The SMILES string of the molecule is O=C(OCc1ccccc1)N1CCN(c2nc(Br)cs2)CC1. The predicted octanol–water partition coefficient (Wildman–Crippen LogP) is 3.36. The molecule has 0 atom stereocenters. The molecule has 116 valence electrons. The molecule has 0 aliphatic carbocycles. The van der Waals surface area contributed by atoms with E-state index in [1.807, 2.05) is 35.7 Å². The first-order valence-corrected chi connectivity index (χ1v) is 8.71. The molecule has 1 aliphatic heterocycles. The molecule has 1 aromatic carbocycles. The van der Waals surface area contributed by atoms with E-state index in [0.29, 0.717) is 19.7 Å². The molecule has 0 N–H and O–H groups in total. The van der Waals surface area contributed by atoms with Crippen LogP contribution in [0.5, 0.6) is 0 Å². The lowest BCUT2D eigenvalue weighted by atomic mass is 10.2. The molecule has 0 bridgehead atoms. The lowest BCUT2D eigenvalue weighted by molar-refractivity contribution is 0.0942. The van der Waals surface area contributed by atoms with Crippen LogP contribution >= 0.6 is 27.3 Å². The summed E-state index contributed by atoms with van der Waals surface area (Å²) in [6, 6.07) is 9.72. The van der Waals surface area contributed by atoms with Crippen molar-refractivity contribution in [3.8, 4) is 0 Å². The maximum absolute atomic E-state index is 12.1. The van der Waals surface area contributed by atoms with E-state index in [0.717, 1.165) is 28.4 Å². The van der Waals surface area contributed by atoms with Gasteiger partial charge in [0.05, 0.1) is 0 Å². The number of nitrogens with zero attached hydrogens (tertiary/aromatic N) is 3. The van der Waals surface area contributed by atoms with Crippen LogP contribution in [-0.2, 0) is 11.3 Å². The first-order valence-electron chi connectivity index (χ1n) is 7.04. The zero-order valence-electron chi connectivity index (χ0n) is 11.9. The highest BCUT2D eigenvalue weighted by Crippen LogP contribution is 2.24. The molecule has 2 aromatic rings. The smallest absolute Gasteiger partial charge is 0.410 e. The van der Waals surface area contributed by atoms with Gasteiger partial charge in [-0.1, -0.05) is 30.3 Å². The van der Waals surface area contributed by atoms with E-state index >= 15 is 0 Å². The average Bonchev–Trinajstić information content (AvgIpc) is 3.00. The normalized spacial score (nSPS) is 15.0. The summed E-state index contributed by atoms with van der Waals surface area (Å²) in [6.45, 7) is 3.19. The summed E-state index contributed by atoms with van der Waals surface area (Å²) in [5.74, 6) is 0. The summed E-state index contributed by atoms with van der Waals surface area (Å²) in [5, 5.41) is 2.96. The van der Waals surface area contributed by atoms with E-state index in [-0.39, 0.29) is 6.09 Å². The second kappa shape index (κ2) is 7.11. The number of piperazine rings is 1. The van der Waals surface area contributed by atoms with Crippen molar-refractivity contribution < 1.29 is 9.53 Å². The molecular weight excluding hydrogens is 366 g/mol.